The Bertz CT molecular complexity index is 635. The van der Waals surface area contributed by atoms with Crippen LogP contribution < -0.4 is 10.6 Å². The molecule has 2 N–H and O–H groups in total. The van der Waals surface area contributed by atoms with Crippen LogP contribution in [0.2, 0.25) is 0 Å². The highest BCUT2D eigenvalue weighted by molar-refractivity contribution is 5.61. The molecular weight excluding hydrogens is 270 g/mol. The van der Waals surface area contributed by atoms with Gasteiger partial charge < -0.3 is 10.6 Å². The standard InChI is InChI=1S/C17H18F2N2/c1-11(16-14(18)6-3-7-15(16)19)21-10-13-5-2-4-12-8-9-20-17(12)13/h2-7,11,20-21H,8-10H2,1H3. The summed E-state index contributed by atoms with van der Waals surface area (Å²) in [4.78, 5) is 0. The van der Waals surface area contributed by atoms with E-state index in [0.29, 0.717) is 6.54 Å². The van der Waals surface area contributed by atoms with Gasteiger partial charge in [0.2, 0.25) is 0 Å². The maximum absolute atomic E-state index is 13.8. The third kappa shape index (κ3) is 2.76. The number of benzene rings is 2. The maximum Gasteiger partial charge on any atom is 0.130 e. The summed E-state index contributed by atoms with van der Waals surface area (Å²) in [5.74, 6) is -1.02. The van der Waals surface area contributed by atoms with Gasteiger partial charge in [0, 0.05) is 30.4 Å². The lowest BCUT2D eigenvalue weighted by Gasteiger charge is -2.17. The minimum atomic E-state index is -0.508. The van der Waals surface area contributed by atoms with Crippen molar-refractivity contribution in [1.82, 2.24) is 5.32 Å². The van der Waals surface area contributed by atoms with E-state index in [2.05, 4.69) is 16.7 Å². The van der Waals surface area contributed by atoms with Gasteiger partial charge in [-0.25, -0.2) is 8.78 Å². The first-order valence-corrected chi connectivity index (χ1v) is 7.18. The molecular formula is C17H18F2N2. The SMILES string of the molecule is CC(NCc1cccc2c1NCC2)c1c(F)cccc1F. The number of nitrogens with one attached hydrogen (secondary N) is 2. The van der Waals surface area contributed by atoms with Gasteiger partial charge in [-0.15, -0.1) is 0 Å². The van der Waals surface area contributed by atoms with Crippen LogP contribution in [0.15, 0.2) is 36.4 Å². The van der Waals surface area contributed by atoms with Gasteiger partial charge in [0.1, 0.15) is 11.6 Å². The largest absolute Gasteiger partial charge is 0.384 e. The van der Waals surface area contributed by atoms with E-state index in [-0.39, 0.29) is 11.6 Å². The summed E-state index contributed by atoms with van der Waals surface area (Å²) in [5, 5.41) is 6.57. The molecule has 2 aromatic carbocycles. The summed E-state index contributed by atoms with van der Waals surface area (Å²) in [5.41, 5.74) is 3.69. The summed E-state index contributed by atoms with van der Waals surface area (Å²) in [6.45, 7) is 3.30. The number of hydrogen-bond donors (Lipinski definition) is 2. The first-order valence-electron chi connectivity index (χ1n) is 7.18. The fraction of sp³-hybridized carbons (Fsp3) is 0.294. The minimum Gasteiger partial charge on any atom is -0.384 e. The van der Waals surface area contributed by atoms with Crippen molar-refractivity contribution in [2.24, 2.45) is 0 Å². The van der Waals surface area contributed by atoms with Crippen molar-refractivity contribution in [3.63, 3.8) is 0 Å². The third-order valence-electron chi connectivity index (χ3n) is 3.96. The van der Waals surface area contributed by atoms with Gasteiger partial charge in [-0.1, -0.05) is 24.3 Å². The maximum atomic E-state index is 13.8. The molecule has 4 heteroatoms. The predicted octanol–water partition coefficient (Wildman–Crippen LogP) is 3.78. The van der Waals surface area contributed by atoms with Crippen LogP contribution in [-0.2, 0) is 13.0 Å². The van der Waals surface area contributed by atoms with Crippen molar-refractivity contribution >= 4 is 5.69 Å². The van der Waals surface area contributed by atoms with E-state index in [4.69, 9.17) is 0 Å². The summed E-state index contributed by atoms with van der Waals surface area (Å²) in [7, 11) is 0. The molecule has 0 saturated carbocycles. The molecule has 0 bridgehead atoms. The van der Waals surface area contributed by atoms with Crippen LogP contribution in [-0.4, -0.2) is 6.54 Å². The average Bonchev–Trinajstić information content (AvgIpc) is 2.93. The molecule has 0 aliphatic carbocycles. The summed E-state index contributed by atoms with van der Waals surface area (Å²) < 4.78 is 27.5. The second kappa shape index (κ2) is 5.82. The number of fused-ring (bicyclic) bond motifs is 1. The predicted molar refractivity (Wildman–Crippen MR) is 80.2 cm³/mol. The van der Waals surface area contributed by atoms with Crippen molar-refractivity contribution in [1.29, 1.82) is 0 Å². The monoisotopic (exact) mass is 288 g/mol. The van der Waals surface area contributed by atoms with Crippen molar-refractivity contribution in [3.8, 4) is 0 Å². The lowest BCUT2D eigenvalue weighted by molar-refractivity contribution is 0.488. The normalized spacial score (nSPS) is 14.6. The first-order chi connectivity index (χ1) is 10.2. The minimum absolute atomic E-state index is 0.0954. The van der Waals surface area contributed by atoms with Crippen LogP contribution in [0.5, 0.6) is 0 Å². The lowest BCUT2D eigenvalue weighted by Crippen LogP contribution is -2.21. The molecule has 1 unspecified atom stereocenters. The lowest BCUT2D eigenvalue weighted by atomic mass is 10.0. The number of para-hydroxylation sites is 1. The van der Waals surface area contributed by atoms with Crippen LogP contribution in [0.1, 0.15) is 29.7 Å². The van der Waals surface area contributed by atoms with Crippen molar-refractivity contribution in [2.45, 2.75) is 25.9 Å². The second-order valence-electron chi connectivity index (χ2n) is 5.37. The molecule has 0 amide bonds. The molecule has 0 fully saturated rings. The Labute approximate surface area is 123 Å². The van der Waals surface area contributed by atoms with Crippen LogP contribution in [0, 0.1) is 11.6 Å². The third-order valence-corrected chi connectivity index (χ3v) is 3.96. The van der Waals surface area contributed by atoms with Gasteiger partial charge in [0.25, 0.3) is 0 Å². The van der Waals surface area contributed by atoms with Gasteiger partial charge in [0.05, 0.1) is 0 Å². The molecule has 0 radical (unpaired) electrons. The smallest absolute Gasteiger partial charge is 0.130 e. The molecule has 110 valence electrons. The van der Waals surface area contributed by atoms with Crippen LogP contribution >= 0.6 is 0 Å². The Morgan fingerprint density at radius 3 is 2.62 bits per heavy atom. The zero-order valence-corrected chi connectivity index (χ0v) is 11.9. The molecule has 3 rings (SSSR count). The van der Waals surface area contributed by atoms with E-state index in [9.17, 15) is 8.78 Å². The van der Waals surface area contributed by atoms with E-state index >= 15 is 0 Å². The highest BCUT2D eigenvalue weighted by Crippen LogP contribution is 2.27. The van der Waals surface area contributed by atoms with Crippen LogP contribution in [0.3, 0.4) is 0 Å². The number of halogens is 2. The highest BCUT2D eigenvalue weighted by atomic mass is 19.1. The average molecular weight is 288 g/mol. The zero-order valence-electron chi connectivity index (χ0n) is 11.9. The quantitative estimate of drug-likeness (QED) is 0.894. The molecule has 0 aromatic heterocycles. The molecule has 21 heavy (non-hydrogen) atoms. The first kappa shape index (κ1) is 14.0. The highest BCUT2D eigenvalue weighted by Gasteiger charge is 2.17. The van der Waals surface area contributed by atoms with Gasteiger partial charge >= 0.3 is 0 Å². The molecule has 0 spiro atoms. The van der Waals surface area contributed by atoms with Crippen LogP contribution in [0.4, 0.5) is 14.5 Å². The van der Waals surface area contributed by atoms with Gasteiger partial charge in [-0.2, -0.15) is 0 Å². The number of rotatable bonds is 4. The van der Waals surface area contributed by atoms with E-state index in [1.165, 1.54) is 23.8 Å². The van der Waals surface area contributed by atoms with Crippen molar-refractivity contribution in [2.75, 3.05) is 11.9 Å². The molecule has 1 heterocycles. The Morgan fingerprint density at radius 1 is 1.14 bits per heavy atom. The Hall–Kier alpha value is -1.94. The van der Waals surface area contributed by atoms with Gasteiger partial charge in [0.15, 0.2) is 0 Å². The fourth-order valence-electron chi connectivity index (χ4n) is 2.85. The summed E-state index contributed by atoms with van der Waals surface area (Å²) in [6.07, 6.45) is 1.03. The summed E-state index contributed by atoms with van der Waals surface area (Å²) >= 11 is 0. The van der Waals surface area contributed by atoms with Crippen molar-refractivity contribution < 1.29 is 8.78 Å². The van der Waals surface area contributed by atoms with Gasteiger partial charge in [-0.3, -0.25) is 0 Å². The molecule has 1 aliphatic heterocycles. The van der Waals surface area contributed by atoms with E-state index < -0.39 is 11.6 Å². The topological polar surface area (TPSA) is 24.1 Å². The molecule has 2 nitrogen and oxygen atoms in total. The zero-order chi connectivity index (χ0) is 14.8. The molecule has 1 aliphatic rings. The Balaban J connectivity index is 1.75. The van der Waals surface area contributed by atoms with E-state index in [1.54, 1.807) is 6.92 Å². The number of anilines is 1. The number of hydrogen-bond acceptors (Lipinski definition) is 2. The van der Waals surface area contributed by atoms with Gasteiger partial charge in [-0.05, 0) is 36.6 Å². The molecule has 2 aromatic rings. The molecule has 0 saturated heterocycles. The summed E-state index contributed by atoms with van der Waals surface area (Å²) in [6, 6.07) is 9.75. The Morgan fingerprint density at radius 2 is 1.86 bits per heavy atom. The van der Waals surface area contributed by atoms with Crippen molar-refractivity contribution in [3.05, 3.63) is 64.7 Å². The Kier molecular flexibility index (Phi) is 3.88. The fourth-order valence-corrected chi connectivity index (χ4v) is 2.85. The van der Waals surface area contributed by atoms with E-state index in [0.717, 1.165) is 24.2 Å². The molecule has 1 atom stereocenters. The van der Waals surface area contributed by atoms with Crippen LogP contribution in [0.25, 0.3) is 0 Å². The van der Waals surface area contributed by atoms with E-state index in [1.807, 2.05) is 12.1 Å². The second-order valence-corrected chi connectivity index (χ2v) is 5.37.